The van der Waals surface area contributed by atoms with Crippen LogP contribution >= 0.6 is 0 Å². The summed E-state index contributed by atoms with van der Waals surface area (Å²) in [4.78, 5) is 10.8. The van der Waals surface area contributed by atoms with E-state index in [9.17, 15) is 4.79 Å². The molecule has 0 spiro atoms. The van der Waals surface area contributed by atoms with Gasteiger partial charge in [-0.25, -0.2) is 4.79 Å². The second-order valence-electron chi connectivity index (χ2n) is 2.51. The van der Waals surface area contributed by atoms with Crippen molar-refractivity contribution in [3.8, 4) is 0 Å². The van der Waals surface area contributed by atoms with E-state index in [1.54, 1.807) is 24.3 Å². The van der Waals surface area contributed by atoms with Crippen molar-refractivity contribution in [1.29, 1.82) is 0 Å². The van der Waals surface area contributed by atoms with Crippen LogP contribution in [0.1, 0.15) is 0 Å². The largest absolute Gasteiger partial charge is 0.423 e. The van der Waals surface area contributed by atoms with Crippen LogP contribution in [0.4, 0.5) is 5.69 Å². The van der Waals surface area contributed by atoms with Crippen molar-refractivity contribution in [3.05, 3.63) is 40.8 Å². The van der Waals surface area contributed by atoms with Gasteiger partial charge in [-0.3, -0.25) is 0 Å². The SMILES string of the molecule is Nc1cccc2oc(=O)ccc12. The lowest BCUT2D eigenvalue weighted by Gasteiger charge is -1.97. The van der Waals surface area contributed by atoms with Gasteiger partial charge in [0.05, 0.1) is 0 Å². The average Bonchev–Trinajstić information content (AvgIpc) is 2.04. The van der Waals surface area contributed by atoms with E-state index in [2.05, 4.69) is 0 Å². The molecule has 60 valence electrons. The van der Waals surface area contributed by atoms with Crippen LogP contribution in [0.15, 0.2) is 39.5 Å². The Balaban J connectivity index is 2.96. The molecule has 2 rings (SSSR count). The zero-order valence-corrected chi connectivity index (χ0v) is 6.28. The van der Waals surface area contributed by atoms with Gasteiger partial charge in [0.2, 0.25) is 0 Å². The van der Waals surface area contributed by atoms with Gasteiger partial charge in [-0.05, 0) is 18.2 Å². The van der Waals surface area contributed by atoms with Gasteiger partial charge in [-0.1, -0.05) is 6.07 Å². The van der Waals surface area contributed by atoms with E-state index in [1.165, 1.54) is 6.07 Å². The maximum atomic E-state index is 10.8. The Morgan fingerprint density at radius 2 is 2.00 bits per heavy atom. The molecule has 0 aliphatic heterocycles. The van der Waals surface area contributed by atoms with Gasteiger partial charge in [-0.2, -0.15) is 0 Å². The molecule has 2 aromatic rings. The molecule has 3 nitrogen and oxygen atoms in total. The maximum absolute atomic E-state index is 10.8. The monoisotopic (exact) mass is 161 g/mol. The highest BCUT2D eigenvalue weighted by atomic mass is 16.4. The fourth-order valence-electron chi connectivity index (χ4n) is 1.12. The van der Waals surface area contributed by atoms with Crippen LogP contribution in [0.25, 0.3) is 11.0 Å². The number of hydrogen-bond donors (Lipinski definition) is 1. The number of hydrogen-bond acceptors (Lipinski definition) is 3. The molecule has 0 atom stereocenters. The summed E-state index contributed by atoms with van der Waals surface area (Å²) < 4.78 is 4.91. The Hall–Kier alpha value is -1.77. The molecule has 0 radical (unpaired) electrons. The first-order valence-corrected chi connectivity index (χ1v) is 3.56. The zero-order valence-electron chi connectivity index (χ0n) is 6.28. The normalized spacial score (nSPS) is 10.3. The second-order valence-corrected chi connectivity index (χ2v) is 2.51. The lowest BCUT2D eigenvalue weighted by atomic mass is 10.2. The first-order chi connectivity index (χ1) is 5.77. The second kappa shape index (κ2) is 2.37. The molecule has 12 heavy (non-hydrogen) atoms. The van der Waals surface area contributed by atoms with Gasteiger partial charge in [0.15, 0.2) is 0 Å². The smallest absolute Gasteiger partial charge is 0.336 e. The highest BCUT2D eigenvalue weighted by molar-refractivity contribution is 5.88. The molecule has 0 saturated heterocycles. The standard InChI is InChI=1S/C9H7NO2/c10-7-2-1-3-8-6(7)4-5-9(11)12-8/h1-5H,10H2. The summed E-state index contributed by atoms with van der Waals surface area (Å²) in [5, 5.41) is 0.775. The maximum Gasteiger partial charge on any atom is 0.336 e. The van der Waals surface area contributed by atoms with E-state index in [4.69, 9.17) is 10.2 Å². The number of nitrogen functional groups attached to an aromatic ring is 1. The fraction of sp³-hybridized carbons (Fsp3) is 0. The Kier molecular flexibility index (Phi) is 1.37. The van der Waals surface area contributed by atoms with Crippen LogP contribution < -0.4 is 11.4 Å². The predicted octanol–water partition coefficient (Wildman–Crippen LogP) is 1.38. The Bertz CT molecular complexity index is 473. The van der Waals surface area contributed by atoms with Crippen LogP contribution in [-0.2, 0) is 0 Å². The van der Waals surface area contributed by atoms with E-state index in [0.29, 0.717) is 11.3 Å². The highest BCUT2D eigenvalue weighted by Crippen LogP contribution is 2.17. The summed E-state index contributed by atoms with van der Waals surface area (Å²) in [7, 11) is 0. The Labute approximate surface area is 68.4 Å². The van der Waals surface area contributed by atoms with Gasteiger partial charge in [-0.15, -0.1) is 0 Å². The lowest BCUT2D eigenvalue weighted by Crippen LogP contribution is -1.95. The lowest BCUT2D eigenvalue weighted by molar-refractivity contribution is 0.561. The Morgan fingerprint density at radius 3 is 2.83 bits per heavy atom. The van der Waals surface area contributed by atoms with Gasteiger partial charge in [0.1, 0.15) is 5.58 Å². The van der Waals surface area contributed by atoms with Crippen molar-refractivity contribution in [1.82, 2.24) is 0 Å². The first-order valence-electron chi connectivity index (χ1n) is 3.56. The molecular formula is C9H7NO2. The molecule has 0 amide bonds. The number of nitrogens with two attached hydrogens (primary N) is 1. The van der Waals surface area contributed by atoms with Crippen molar-refractivity contribution >= 4 is 16.7 Å². The van der Waals surface area contributed by atoms with Crippen molar-refractivity contribution < 1.29 is 4.42 Å². The van der Waals surface area contributed by atoms with Gasteiger partial charge in [0.25, 0.3) is 0 Å². The predicted molar refractivity (Wildman–Crippen MR) is 46.9 cm³/mol. The number of rotatable bonds is 0. The van der Waals surface area contributed by atoms with Crippen molar-refractivity contribution in [2.75, 3.05) is 5.73 Å². The third-order valence-electron chi connectivity index (χ3n) is 1.70. The highest BCUT2D eigenvalue weighted by Gasteiger charge is 1.98. The van der Waals surface area contributed by atoms with E-state index < -0.39 is 0 Å². The third kappa shape index (κ3) is 0.955. The van der Waals surface area contributed by atoms with E-state index in [1.807, 2.05) is 0 Å². The molecule has 1 aromatic carbocycles. The van der Waals surface area contributed by atoms with Gasteiger partial charge < -0.3 is 10.2 Å². The number of anilines is 1. The minimum atomic E-state index is -0.354. The summed E-state index contributed by atoms with van der Waals surface area (Å²) in [6, 6.07) is 8.26. The molecule has 0 aliphatic rings. The first kappa shape index (κ1) is 6.91. The molecule has 1 heterocycles. The van der Waals surface area contributed by atoms with Crippen LogP contribution in [-0.4, -0.2) is 0 Å². The zero-order chi connectivity index (χ0) is 8.55. The van der Waals surface area contributed by atoms with Crippen molar-refractivity contribution in [2.45, 2.75) is 0 Å². The van der Waals surface area contributed by atoms with Gasteiger partial charge >= 0.3 is 5.63 Å². The van der Waals surface area contributed by atoms with Crippen LogP contribution in [0.5, 0.6) is 0 Å². The van der Waals surface area contributed by atoms with E-state index >= 15 is 0 Å². The van der Waals surface area contributed by atoms with Gasteiger partial charge in [0, 0.05) is 17.1 Å². The minimum Gasteiger partial charge on any atom is -0.423 e. The molecule has 0 aliphatic carbocycles. The van der Waals surface area contributed by atoms with E-state index in [0.717, 1.165) is 5.39 Å². The third-order valence-corrected chi connectivity index (χ3v) is 1.70. The van der Waals surface area contributed by atoms with Crippen LogP contribution in [0, 0.1) is 0 Å². The molecule has 1 aromatic heterocycles. The molecule has 0 unspecified atom stereocenters. The summed E-state index contributed by atoms with van der Waals surface area (Å²) >= 11 is 0. The molecule has 2 N–H and O–H groups in total. The molecule has 0 fully saturated rings. The Morgan fingerprint density at radius 1 is 1.17 bits per heavy atom. The number of fused-ring (bicyclic) bond motifs is 1. The summed E-state index contributed by atoms with van der Waals surface area (Å²) in [5.74, 6) is 0. The van der Waals surface area contributed by atoms with Crippen molar-refractivity contribution in [2.24, 2.45) is 0 Å². The molecule has 0 saturated carbocycles. The summed E-state index contributed by atoms with van der Waals surface area (Å²) in [5.41, 5.74) is 6.44. The number of benzene rings is 1. The molecular weight excluding hydrogens is 154 g/mol. The summed E-state index contributed by atoms with van der Waals surface area (Å²) in [6.45, 7) is 0. The van der Waals surface area contributed by atoms with Crippen molar-refractivity contribution in [3.63, 3.8) is 0 Å². The minimum absolute atomic E-state index is 0.354. The molecule has 3 heteroatoms. The topological polar surface area (TPSA) is 56.2 Å². The van der Waals surface area contributed by atoms with Crippen LogP contribution in [0.2, 0.25) is 0 Å². The quantitative estimate of drug-likeness (QED) is 0.469. The average molecular weight is 161 g/mol. The fourth-order valence-corrected chi connectivity index (χ4v) is 1.12. The molecule has 0 bridgehead atoms. The van der Waals surface area contributed by atoms with E-state index in [-0.39, 0.29) is 5.63 Å². The summed E-state index contributed by atoms with van der Waals surface area (Å²) in [6.07, 6.45) is 0. The van der Waals surface area contributed by atoms with Crippen LogP contribution in [0.3, 0.4) is 0 Å².